The van der Waals surface area contributed by atoms with Crippen LogP contribution in [-0.2, 0) is 40.4 Å². The SMILES string of the molecule is NC(=O)C(=O)C(Cc1ccccc1)NC(=O)c1cccnc1-n1ccc(CN2Cc3ccc(F)cc3C2)n1.O=C(O)C(F)(F)F. The Labute approximate surface area is 253 Å². The second-order valence-electron chi connectivity index (χ2n) is 9.93. The van der Waals surface area contributed by atoms with Crippen molar-refractivity contribution in [2.45, 2.75) is 38.3 Å². The molecule has 45 heavy (non-hydrogen) atoms. The maximum Gasteiger partial charge on any atom is 0.490 e. The van der Waals surface area contributed by atoms with Crippen molar-refractivity contribution in [3.8, 4) is 5.82 Å². The van der Waals surface area contributed by atoms with Gasteiger partial charge in [0.05, 0.1) is 11.3 Å². The van der Waals surface area contributed by atoms with Crippen molar-refractivity contribution in [1.82, 2.24) is 25.0 Å². The molecule has 11 nitrogen and oxygen atoms in total. The number of pyridine rings is 1. The molecule has 0 saturated carbocycles. The molecule has 234 valence electrons. The van der Waals surface area contributed by atoms with Crippen molar-refractivity contribution in [1.29, 1.82) is 0 Å². The Morgan fingerprint density at radius 3 is 2.33 bits per heavy atom. The first-order valence-corrected chi connectivity index (χ1v) is 13.3. The number of carboxylic acids is 1. The van der Waals surface area contributed by atoms with Crippen molar-refractivity contribution >= 4 is 23.6 Å². The summed E-state index contributed by atoms with van der Waals surface area (Å²) in [5, 5.41) is 14.4. The summed E-state index contributed by atoms with van der Waals surface area (Å²) in [7, 11) is 0. The van der Waals surface area contributed by atoms with E-state index in [0.717, 1.165) is 22.4 Å². The molecule has 0 saturated heterocycles. The minimum atomic E-state index is -5.08. The molecule has 15 heteroatoms. The number of Topliss-reactive ketones (excluding diaryl/α,β-unsaturated/α-hetero) is 1. The van der Waals surface area contributed by atoms with Crippen LogP contribution >= 0.6 is 0 Å². The predicted molar refractivity (Wildman–Crippen MR) is 150 cm³/mol. The summed E-state index contributed by atoms with van der Waals surface area (Å²) in [6, 6.07) is 17.7. The fourth-order valence-corrected chi connectivity index (χ4v) is 4.56. The molecule has 2 aromatic heterocycles. The van der Waals surface area contributed by atoms with E-state index in [0.29, 0.717) is 19.6 Å². The highest BCUT2D eigenvalue weighted by molar-refractivity contribution is 6.38. The smallest absolute Gasteiger partial charge is 0.475 e. The molecule has 0 aliphatic carbocycles. The number of nitrogens with one attached hydrogen (secondary N) is 1. The van der Waals surface area contributed by atoms with E-state index in [1.807, 2.05) is 12.1 Å². The number of halogens is 4. The molecule has 4 aromatic rings. The fourth-order valence-electron chi connectivity index (χ4n) is 4.56. The van der Waals surface area contributed by atoms with Crippen molar-refractivity contribution in [3.05, 3.63) is 113 Å². The number of benzene rings is 2. The van der Waals surface area contributed by atoms with Gasteiger partial charge in [0.15, 0.2) is 5.82 Å². The Hall–Kier alpha value is -5.44. The van der Waals surface area contributed by atoms with Crippen molar-refractivity contribution in [3.63, 3.8) is 0 Å². The number of rotatable bonds is 9. The first-order valence-electron chi connectivity index (χ1n) is 13.3. The van der Waals surface area contributed by atoms with Gasteiger partial charge in [0.1, 0.15) is 11.9 Å². The molecule has 1 aliphatic rings. The molecular formula is C30H26F4N6O5. The number of fused-ring (bicyclic) bond motifs is 1. The van der Waals surface area contributed by atoms with Gasteiger partial charge >= 0.3 is 12.1 Å². The number of aliphatic carboxylic acids is 1. The number of carbonyl (C=O) groups excluding carboxylic acids is 3. The van der Waals surface area contributed by atoms with Gasteiger partial charge in [0.2, 0.25) is 5.78 Å². The summed E-state index contributed by atoms with van der Waals surface area (Å²) >= 11 is 0. The minimum Gasteiger partial charge on any atom is -0.475 e. The average Bonchev–Trinajstić information content (AvgIpc) is 3.63. The highest BCUT2D eigenvalue weighted by Crippen LogP contribution is 2.25. The molecule has 3 heterocycles. The van der Waals surface area contributed by atoms with Gasteiger partial charge in [-0.05, 0) is 47.0 Å². The summed E-state index contributed by atoms with van der Waals surface area (Å²) in [5.74, 6) is -5.33. The summed E-state index contributed by atoms with van der Waals surface area (Å²) in [6.07, 6.45) is -1.74. The molecule has 0 spiro atoms. The van der Waals surface area contributed by atoms with Crippen LogP contribution in [-0.4, -0.2) is 60.6 Å². The number of hydrogen-bond acceptors (Lipinski definition) is 7. The van der Waals surface area contributed by atoms with Crippen LogP contribution in [0.3, 0.4) is 0 Å². The Kier molecular flexibility index (Phi) is 10.0. The molecule has 1 aliphatic heterocycles. The van der Waals surface area contributed by atoms with E-state index in [4.69, 9.17) is 15.6 Å². The van der Waals surface area contributed by atoms with Crippen molar-refractivity contribution in [2.75, 3.05) is 0 Å². The number of ketones is 1. The van der Waals surface area contributed by atoms with Crippen molar-refractivity contribution < 1.29 is 41.8 Å². The van der Waals surface area contributed by atoms with Gasteiger partial charge in [-0.1, -0.05) is 36.4 Å². The average molecular weight is 627 g/mol. The summed E-state index contributed by atoms with van der Waals surface area (Å²) in [4.78, 5) is 52.8. The number of nitrogens with zero attached hydrogens (tertiary/aromatic N) is 4. The molecule has 0 radical (unpaired) electrons. The van der Waals surface area contributed by atoms with Crippen LogP contribution < -0.4 is 11.1 Å². The monoisotopic (exact) mass is 626 g/mol. The van der Waals surface area contributed by atoms with Crippen LogP contribution in [0.5, 0.6) is 0 Å². The van der Waals surface area contributed by atoms with Gasteiger partial charge in [-0.15, -0.1) is 0 Å². The molecule has 2 aromatic carbocycles. The highest BCUT2D eigenvalue weighted by atomic mass is 19.4. The van der Waals surface area contributed by atoms with E-state index < -0.39 is 35.8 Å². The zero-order valence-electron chi connectivity index (χ0n) is 23.4. The lowest BCUT2D eigenvalue weighted by Crippen LogP contribution is -2.47. The van der Waals surface area contributed by atoms with E-state index >= 15 is 0 Å². The zero-order valence-corrected chi connectivity index (χ0v) is 23.4. The van der Waals surface area contributed by atoms with Crippen molar-refractivity contribution in [2.24, 2.45) is 5.73 Å². The molecule has 0 fully saturated rings. The first kappa shape index (κ1) is 32.5. The normalized spacial score (nSPS) is 13.2. The maximum absolute atomic E-state index is 13.6. The number of aromatic nitrogens is 3. The van der Waals surface area contributed by atoms with Crippen LogP contribution in [0.25, 0.3) is 5.82 Å². The van der Waals surface area contributed by atoms with Crippen LogP contribution in [0.15, 0.2) is 79.1 Å². The zero-order chi connectivity index (χ0) is 32.7. The van der Waals surface area contributed by atoms with Gasteiger partial charge in [-0.25, -0.2) is 18.9 Å². The standard InChI is InChI=1S/C28H25FN6O3.C2HF3O2/c29-21-9-8-19-15-34(16-20(19)14-21)17-22-10-12-35(33-22)27-23(7-4-11-31-27)28(38)32-24(25(36)26(30)37)13-18-5-2-1-3-6-18;3-2(4,5)1(6)7/h1-12,14,24H,13,15-17H2,(H2,30,37)(H,32,38);(H,6,7). The third-order valence-electron chi connectivity index (χ3n) is 6.62. The molecule has 0 bridgehead atoms. The lowest BCUT2D eigenvalue weighted by molar-refractivity contribution is -0.192. The predicted octanol–water partition coefficient (Wildman–Crippen LogP) is 2.95. The number of amides is 2. The first-order chi connectivity index (χ1) is 21.3. The Morgan fingerprint density at radius 2 is 1.67 bits per heavy atom. The third kappa shape index (κ3) is 8.57. The Balaban J connectivity index is 0.000000591. The Bertz CT molecular complexity index is 1710. The molecule has 5 rings (SSSR count). The van der Waals surface area contributed by atoms with E-state index in [9.17, 15) is 31.9 Å². The number of carbonyl (C=O) groups is 4. The second-order valence-corrected chi connectivity index (χ2v) is 9.93. The van der Waals surface area contributed by atoms with Crippen LogP contribution in [0.2, 0.25) is 0 Å². The largest absolute Gasteiger partial charge is 0.490 e. The van der Waals surface area contributed by atoms with Crippen LogP contribution in [0.4, 0.5) is 17.6 Å². The van der Waals surface area contributed by atoms with Crippen LogP contribution in [0.1, 0.15) is 32.7 Å². The van der Waals surface area contributed by atoms with Crippen LogP contribution in [0, 0.1) is 5.82 Å². The van der Waals surface area contributed by atoms with E-state index in [1.54, 1.807) is 54.7 Å². The highest BCUT2D eigenvalue weighted by Gasteiger charge is 2.38. The Morgan fingerprint density at radius 1 is 0.978 bits per heavy atom. The summed E-state index contributed by atoms with van der Waals surface area (Å²) < 4.78 is 46.8. The quantitative estimate of drug-likeness (QED) is 0.189. The van der Waals surface area contributed by atoms with E-state index in [2.05, 4.69) is 20.3 Å². The fraction of sp³-hybridized carbons (Fsp3) is 0.200. The lowest BCUT2D eigenvalue weighted by atomic mass is 10.0. The lowest BCUT2D eigenvalue weighted by Gasteiger charge is -2.17. The number of hydrogen-bond donors (Lipinski definition) is 3. The molecule has 1 atom stereocenters. The van der Waals surface area contributed by atoms with E-state index in [1.165, 1.54) is 16.9 Å². The van der Waals surface area contributed by atoms with Gasteiger partial charge in [0, 0.05) is 38.4 Å². The molecule has 2 amide bonds. The molecular weight excluding hydrogens is 600 g/mol. The van der Waals surface area contributed by atoms with Gasteiger partial charge in [-0.3, -0.25) is 19.3 Å². The van der Waals surface area contributed by atoms with Gasteiger partial charge in [-0.2, -0.15) is 18.3 Å². The number of carboxylic acid groups (broad SMARTS) is 1. The minimum absolute atomic E-state index is 0.109. The number of alkyl halides is 3. The third-order valence-corrected chi connectivity index (χ3v) is 6.62. The van der Waals surface area contributed by atoms with Gasteiger partial charge < -0.3 is 16.2 Å². The maximum atomic E-state index is 13.6. The topological polar surface area (TPSA) is 161 Å². The number of primary amides is 1. The molecule has 4 N–H and O–H groups in total. The summed E-state index contributed by atoms with van der Waals surface area (Å²) in [6.45, 7) is 1.84. The van der Waals surface area contributed by atoms with E-state index in [-0.39, 0.29) is 23.6 Å². The molecule has 1 unspecified atom stereocenters. The number of nitrogens with two attached hydrogens (primary N) is 1. The second kappa shape index (κ2) is 13.9. The summed E-state index contributed by atoms with van der Waals surface area (Å²) in [5.41, 5.74) is 8.99. The van der Waals surface area contributed by atoms with Gasteiger partial charge in [0.25, 0.3) is 11.8 Å².